The van der Waals surface area contributed by atoms with Crippen LogP contribution in [0.2, 0.25) is 0 Å². The van der Waals surface area contributed by atoms with Crippen LogP contribution in [0.4, 0.5) is 19.3 Å². The SMILES string of the molecule is O=C(NCCOc1cccc(F)c1)Nc1ccccc1F. The van der Waals surface area contributed by atoms with Crippen LogP contribution in [0.5, 0.6) is 5.75 Å². The predicted molar refractivity (Wildman–Crippen MR) is 75.3 cm³/mol. The molecular weight excluding hydrogens is 278 g/mol. The van der Waals surface area contributed by atoms with Crippen molar-refractivity contribution in [2.24, 2.45) is 0 Å². The molecule has 0 bridgehead atoms. The smallest absolute Gasteiger partial charge is 0.319 e. The number of carbonyl (C=O) groups excluding carboxylic acids is 1. The third-order valence-corrected chi connectivity index (χ3v) is 2.57. The standard InChI is InChI=1S/C15H14F2N2O2/c16-11-4-3-5-12(10-11)21-9-8-18-15(20)19-14-7-2-1-6-13(14)17/h1-7,10H,8-9H2,(H2,18,19,20). The lowest BCUT2D eigenvalue weighted by molar-refractivity contribution is 0.247. The van der Waals surface area contributed by atoms with E-state index in [2.05, 4.69) is 10.6 Å². The summed E-state index contributed by atoms with van der Waals surface area (Å²) in [6.45, 7) is 0.380. The number of halogens is 2. The molecule has 0 spiro atoms. The molecule has 0 aliphatic heterocycles. The Morgan fingerprint density at radius 1 is 1.10 bits per heavy atom. The van der Waals surface area contributed by atoms with Gasteiger partial charge in [-0.1, -0.05) is 18.2 Å². The summed E-state index contributed by atoms with van der Waals surface area (Å²) in [5.41, 5.74) is 0.0982. The van der Waals surface area contributed by atoms with Crippen LogP contribution in [-0.4, -0.2) is 19.2 Å². The highest BCUT2D eigenvalue weighted by Gasteiger charge is 2.05. The fourth-order valence-electron chi connectivity index (χ4n) is 1.62. The quantitative estimate of drug-likeness (QED) is 0.832. The van der Waals surface area contributed by atoms with Crippen LogP contribution < -0.4 is 15.4 Å². The summed E-state index contributed by atoms with van der Waals surface area (Å²) in [5, 5.41) is 4.89. The minimum absolute atomic E-state index is 0.0982. The molecule has 0 aliphatic rings. The summed E-state index contributed by atoms with van der Waals surface area (Å²) in [5.74, 6) is -0.521. The summed E-state index contributed by atoms with van der Waals surface area (Å²) >= 11 is 0. The van der Waals surface area contributed by atoms with E-state index in [9.17, 15) is 13.6 Å². The van der Waals surface area contributed by atoms with Crippen molar-refractivity contribution in [1.29, 1.82) is 0 Å². The number of nitrogens with one attached hydrogen (secondary N) is 2. The van der Waals surface area contributed by atoms with Crippen molar-refractivity contribution in [3.8, 4) is 5.75 Å². The number of amides is 2. The second-order valence-corrected chi connectivity index (χ2v) is 4.17. The average molecular weight is 292 g/mol. The van der Waals surface area contributed by atoms with Gasteiger partial charge in [-0.25, -0.2) is 13.6 Å². The average Bonchev–Trinajstić information content (AvgIpc) is 2.46. The Morgan fingerprint density at radius 3 is 2.67 bits per heavy atom. The zero-order chi connectivity index (χ0) is 15.1. The van der Waals surface area contributed by atoms with E-state index in [1.165, 1.54) is 36.4 Å². The van der Waals surface area contributed by atoms with E-state index < -0.39 is 17.7 Å². The van der Waals surface area contributed by atoms with Crippen LogP contribution in [0.25, 0.3) is 0 Å². The molecule has 2 rings (SSSR count). The van der Waals surface area contributed by atoms with Crippen LogP contribution in [0.3, 0.4) is 0 Å². The van der Waals surface area contributed by atoms with Crippen LogP contribution in [-0.2, 0) is 0 Å². The van der Waals surface area contributed by atoms with E-state index in [-0.39, 0.29) is 18.8 Å². The van der Waals surface area contributed by atoms with Crippen molar-refractivity contribution in [1.82, 2.24) is 5.32 Å². The van der Waals surface area contributed by atoms with Gasteiger partial charge in [0.2, 0.25) is 0 Å². The number of para-hydroxylation sites is 1. The van der Waals surface area contributed by atoms with Crippen LogP contribution in [0.1, 0.15) is 0 Å². The minimum atomic E-state index is -0.539. The van der Waals surface area contributed by atoms with Gasteiger partial charge in [0.15, 0.2) is 0 Å². The molecular formula is C15H14F2N2O2. The number of urea groups is 1. The molecule has 4 nitrogen and oxygen atoms in total. The second-order valence-electron chi connectivity index (χ2n) is 4.17. The molecule has 0 saturated heterocycles. The molecule has 0 saturated carbocycles. The first kappa shape index (κ1) is 14.8. The Kier molecular flexibility index (Phi) is 5.09. The van der Waals surface area contributed by atoms with Gasteiger partial charge < -0.3 is 15.4 Å². The van der Waals surface area contributed by atoms with E-state index in [1.54, 1.807) is 12.1 Å². The maximum atomic E-state index is 13.3. The van der Waals surface area contributed by atoms with Crippen molar-refractivity contribution in [2.45, 2.75) is 0 Å². The molecule has 0 aromatic heterocycles. The zero-order valence-electron chi connectivity index (χ0n) is 11.1. The van der Waals surface area contributed by atoms with Gasteiger partial charge in [-0.05, 0) is 24.3 Å². The molecule has 21 heavy (non-hydrogen) atoms. The van der Waals surface area contributed by atoms with E-state index in [1.807, 2.05) is 0 Å². The number of hydrogen-bond acceptors (Lipinski definition) is 2. The van der Waals surface area contributed by atoms with Crippen molar-refractivity contribution in [3.05, 3.63) is 60.2 Å². The first-order chi connectivity index (χ1) is 10.1. The number of anilines is 1. The number of carbonyl (C=O) groups is 1. The molecule has 2 N–H and O–H groups in total. The van der Waals surface area contributed by atoms with Crippen LogP contribution in [0.15, 0.2) is 48.5 Å². The summed E-state index contributed by atoms with van der Waals surface area (Å²) in [6.07, 6.45) is 0. The number of hydrogen-bond donors (Lipinski definition) is 2. The highest BCUT2D eigenvalue weighted by atomic mass is 19.1. The summed E-state index contributed by atoms with van der Waals surface area (Å²) in [4.78, 5) is 11.5. The molecule has 2 aromatic carbocycles. The van der Waals surface area contributed by atoms with Crippen molar-refractivity contribution >= 4 is 11.7 Å². The van der Waals surface area contributed by atoms with Gasteiger partial charge in [0.05, 0.1) is 12.2 Å². The first-order valence-electron chi connectivity index (χ1n) is 6.33. The lowest BCUT2D eigenvalue weighted by atomic mass is 10.3. The normalized spacial score (nSPS) is 10.0. The molecule has 0 radical (unpaired) electrons. The Balaban J connectivity index is 1.71. The van der Waals surface area contributed by atoms with Crippen molar-refractivity contribution < 1.29 is 18.3 Å². The van der Waals surface area contributed by atoms with Gasteiger partial charge in [-0.15, -0.1) is 0 Å². The molecule has 6 heteroatoms. The Bertz CT molecular complexity index is 620. The van der Waals surface area contributed by atoms with E-state index in [0.717, 1.165) is 0 Å². The molecule has 110 valence electrons. The maximum Gasteiger partial charge on any atom is 0.319 e. The predicted octanol–water partition coefficient (Wildman–Crippen LogP) is 3.17. The summed E-state index contributed by atoms with van der Waals surface area (Å²) in [6, 6.07) is 11.0. The molecule has 2 aromatic rings. The van der Waals surface area contributed by atoms with Crippen LogP contribution >= 0.6 is 0 Å². The van der Waals surface area contributed by atoms with E-state index in [0.29, 0.717) is 5.75 Å². The maximum absolute atomic E-state index is 13.3. The highest BCUT2D eigenvalue weighted by molar-refractivity contribution is 5.89. The van der Waals surface area contributed by atoms with Gasteiger partial charge in [0, 0.05) is 6.07 Å². The Hall–Kier alpha value is -2.63. The van der Waals surface area contributed by atoms with Gasteiger partial charge in [0.1, 0.15) is 24.0 Å². The molecule has 2 amide bonds. The van der Waals surface area contributed by atoms with Gasteiger partial charge in [0.25, 0.3) is 0 Å². The Labute approximate surface area is 120 Å². The van der Waals surface area contributed by atoms with Gasteiger partial charge >= 0.3 is 6.03 Å². The first-order valence-corrected chi connectivity index (χ1v) is 6.33. The van der Waals surface area contributed by atoms with E-state index in [4.69, 9.17) is 4.74 Å². The number of benzene rings is 2. The van der Waals surface area contributed by atoms with Crippen molar-refractivity contribution in [2.75, 3.05) is 18.5 Å². The third kappa shape index (κ3) is 4.76. The molecule has 0 atom stereocenters. The fraction of sp³-hybridized carbons (Fsp3) is 0.133. The lowest BCUT2D eigenvalue weighted by Crippen LogP contribution is -2.32. The lowest BCUT2D eigenvalue weighted by Gasteiger charge is -2.09. The molecule has 0 fully saturated rings. The zero-order valence-corrected chi connectivity index (χ0v) is 11.1. The second kappa shape index (κ2) is 7.23. The Morgan fingerprint density at radius 2 is 1.90 bits per heavy atom. The van der Waals surface area contributed by atoms with Crippen LogP contribution in [0, 0.1) is 11.6 Å². The minimum Gasteiger partial charge on any atom is -0.492 e. The largest absolute Gasteiger partial charge is 0.492 e. The van der Waals surface area contributed by atoms with Gasteiger partial charge in [-0.2, -0.15) is 0 Å². The van der Waals surface area contributed by atoms with Crippen molar-refractivity contribution in [3.63, 3.8) is 0 Å². The summed E-state index contributed by atoms with van der Waals surface area (Å²) < 4.78 is 31.4. The summed E-state index contributed by atoms with van der Waals surface area (Å²) in [7, 11) is 0. The topological polar surface area (TPSA) is 50.4 Å². The third-order valence-electron chi connectivity index (χ3n) is 2.57. The molecule has 0 unspecified atom stereocenters. The highest BCUT2D eigenvalue weighted by Crippen LogP contribution is 2.12. The monoisotopic (exact) mass is 292 g/mol. The fourth-order valence-corrected chi connectivity index (χ4v) is 1.62. The number of rotatable bonds is 5. The van der Waals surface area contributed by atoms with Gasteiger partial charge in [-0.3, -0.25) is 0 Å². The molecule has 0 heterocycles. The number of ether oxygens (including phenoxy) is 1. The molecule has 0 aliphatic carbocycles. The van der Waals surface area contributed by atoms with E-state index >= 15 is 0 Å².